The first-order valence-corrected chi connectivity index (χ1v) is 15.2. The Bertz CT molecular complexity index is 1400. The maximum atomic E-state index is 13.9. The molecule has 0 aliphatic rings. The van der Waals surface area contributed by atoms with E-state index in [4.69, 9.17) is 11.6 Å². The van der Waals surface area contributed by atoms with Crippen LogP contribution >= 0.6 is 27.5 Å². The van der Waals surface area contributed by atoms with Crippen LogP contribution in [0.5, 0.6) is 0 Å². The molecule has 0 heterocycles. The van der Waals surface area contributed by atoms with Gasteiger partial charge in [0, 0.05) is 22.6 Å². The van der Waals surface area contributed by atoms with Crippen molar-refractivity contribution in [2.75, 3.05) is 17.4 Å². The molecule has 0 aliphatic heterocycles. The molecule has 10 heteroatoms. The number of carbonyl (C=O) groups excluding carboxylic acids is 2. The highest BCUT2D eigenvalue weighted by Crippen LogP contribution is 2.27. The van der Waals surface area contributed by atoms with Crippen LogP contribution in [-0.4, -0.2) is 44.3 Å². The fourth-order valence-corrected chi connectivity index (χ4v) is 5.69. The van der Waals surface area contributed by atoms with Crippen LogP contribution < -0.4 is 9.62 Å². The van der Waals surface area contributed by atoms with Crippen molar-refractivity contribution in [1.29, 1.82) is 0 Å². The summed E-state index contributed by atoms with van der Waals surface area (Å²) in [6, 6.07) is 19.3. The number of amides is 2. The van der Waals surface area contributed by atoms with Crippen molar-refractivity contribution < 1.29 is 18.0 Å². The van der Waals surface area contributed by atoms with Gasteiger partial charge in [-0.3, -0.25) is 13.9 Å². The molecule has 7 nitrogen and oxygen atoms in total. The van der Waals surface area contributed by atoms with E-state index in [-0.39, 0.29) is 23.3 Å². The molecular weight excluding hydrogens is 602 g/mol. The first-order chi connectivity index (χ1) is 18.4. The Balaban J connectivity index is 2.01. The van der Waals surface area contributed by atoms with E-state index in [9.17, 15) is 18.0 Å². The number of sulfonamides is 1. The van der Waals surface area contributed by atoms with Crippen molar-refractivity contribution in [3.8, 4) is 0 Å². The summed E-state index contributed by atoms with van der Waals surface area (Å²) in [5.74, 6) is -0.650. The molecule has 1 N–H and O–H groups in total. The summed E-state index contributed by atoms with van der Waals surface area (Å²) in [5, 5.41) is 3.31. The number of carbonyl (C=O) groups is 2. The summed E-state index contributed by atoms with van der Waals surface area (Å²) in [6.45, 7) is 7.42. The first kappa shape index (κ1) is 30.7. The van der Waals surface area contributed by atoms with Gasteiger partial charge in [-0.2, -0.15) is 0 Å². The monoisotopic (exact) mass is 633 g/mol. The van der Waals surface area contributed by atoms with Gasteiger partial charge in [0.25, 0.3) is 10.0 Å². The summed E-state index contributed by atoms with van der Waals surface area (Å²) in [6.07, 6.45) is 0. The maximum absolute atomic E-state index is 13.9. The Morgan fingerprint density at radius 2 is 1.56 bits per heavy atom. The zero-order chi connectivity index (χ0) is 28.7. The lowest BCUT2D eigenvalue weighted by Gasteiger charge is -2.32. The van der Waals surface area contributed by atoms with E-state index in [1.54, 1.807) is 67.6 Å². The van der Waals surface area contributed by atoms with Gasteiger partial charge < -0.3 is 10.2 Å². The van der Waals surface area contributed by atoms with E-state index < -0.39 is 28.5 Å². The highest BCUT2D eigenvalue weighted by atomic mass is 79.9. The van der Waals surface area contributed by atoms with Crippen LogP contribution in [0.4, 0.5) is 5.69 Å². The summed E-state index contributed by atoms with van der Waals surface area (Å²) in [4.78, 5) is 28.4. The molecule has 0 radical (unpaired) electrons. The number of rotatable bonds is 11. The molecule has 0 spiro atoms. The van der Waals surface area contributed by atoms with Gasteiger partial charge >= 0.3 is 0 Å². The van der Waals surface area contributed by atoms with Gasteiger partial charge in [0.1, 0.15) is 12.6 Å². The van der Waals surface area contributed by atoms with E-state index in [1.165, 1.54) is 17.0 Å². The van der Waals surface area contributed by atoms with Crippen molar-refractivity contribution in [3.63, 3.8) is 0 Å². The molecule has 0 bridgehead atoms. The third-order valence-electron chi connectivity index (χ3n) is 6.15. The molecule has 3 rings (SSSR count). The Hall–Kier alpha value is -2.88. The molecule has 0 aliphatic carbocycles. The molecule has 208 valence electrons. The Kier molecular flexibility index (Phi) is 10.6. The molecule has 1 atom stereocenters. The van der Waals surface area contributed by atoms with Gasteiger partial charge in [-0.25, -0.2) is 8.42 Å². The average Bonchev–Trinajstić information content (AvgIpc) is 2.90. The maximum Gasteiger partial charge on any atom is 0.264 e. The first-order valence-electron chi connectivity index (χ1n) is 12.6. The Labute approximate surface area is 244 Å². The van der Waals surface area contributed by atoms with E-state index in [0.717, 1.165) is 14.3 Å². The molecule has 0 aromatic heterocycles. The second-order valence-corrected chi connectivity index (χ2v) is 12.9. The number of benzene rings is 3. The van der Waals surface area contributed by atoms with Crippen LogP contribution in [0.25, 0.3) is 0 Å². The number of aryl methyl sites for hydroxylation is 1. The molecule has 2 amide bonds. The highest BCUT2D eigenvalue weighted by molar-refractivity contribution is 9.10. The van der Waals surface area contributed by atoms with Crippen LogP contribution in [0.15, 0.2) is 82.2 Å². The smallest absolute Gasteiger partial charge is 0.264 e. The molecule has 3 aromatic rings. The number of hydrogen-bond acceptors (Lipinski definition) is 4. The van der Waals surface area contributed by atoms with Gasteiger partial charge in [-0.15, -0.1) is 0 Å². The summed E-state index contributed by atoms with van der Waals surface area (Å²) in [5.41, 5.74) is 1.88. The fourth-order valence-electron chi connectivity index (χ4n) is 3.82. The van der Waals surface area contributed by atoms with Crippen molar-refractivity contribution in [2.24, 2.45) is 5.92 Å². The summed E-state index contributed by atoms with van der Waals surface area (Å²) < 4.78 is 29.5. The minimum Gasteiger partial charge on any atom is -0.354 e. The summed E-state index contributed by atoms with van der Waals surface area (Å²) in [7, 11) is -4.12. The second kappa shape index (κ2) is 13.5. The average molecular weight is 635 g/mol. The van der Waals surface area contributed by atoms with Gasteiger partial charge in [0.2, 0.25) is 11.8 Å². The lowest BCUT2D eigenvalue weighted by molar-refractivity contribution is -0.139. The van der Waals surface area contributed by atoms with E-state index in [1.807, 2.05) is 20.8 Å². The van der Waals surface area contributed by atoms with Crippen LogP contribution in [0.2, 0.25) is 5.02 Å². The minimum atomic E-state index is -4.12. The lowest BCUT2D eigenvalue weighted by atomic mass is 10.1. The third kappa shape index (κ3) is 8.06. The lowest BCUT2D eigenvalue weighted by Crippen LogP contribution is -2.51. The second-order valence-electron chi connectivity index (χ2n) is 9.73. The highest BCUT2D eigenvalue weighted by Gasteiger charge is 2.32. The standard InChI is InChI=1S/C29H33BrClN3O4S/c1-20(2)17-32-29(36)22(4)33(18-23-7-5-6-8-27(23)31)28(35)19-34(25-13-11-24(30)12-14-25)39(37,38)26-15-9-21(3)10-16-26/h5-16,20,22H,17-19H2,1-4H3,(H,32,36)/t22-/m0/s1. The topological polar surface area (TPSA) is 86.8 Å². The van der Waals surface area contributed by atoms with E-state index >= 15 is 0 Å². The number of halogens is 2. The minimum absolute atomic E-state index is 0.0352. The van der Waals surface area contributed by atoms with Crippen molar-refractivity contribution >= 4 is 55.1 Å². The van der Waals surface area contributed by atoms with Crippen LogP contribution in [0.3, 0.4) is 0 Å². The quantitative estimate of drug-likeness (QED) is 0.289. The largest absolute Gasteiger partial charge is 0.354 e. The van der Waals surface area contributed by atoms with E-state index in [0.29, 0.717) is 22.8 Å². The predicted molar refractivity (Wildman–Crippen MR) is 159 cm³/mol. The third-order valence-corrected chi connectivity index (χ3v) is 8.84. The van der Waals surface area contributed by atoms with E-state index in [2.05, 4.69) is 21.2 Å². The SMILES string of the molecule is Cc1ccc(S(=O)(=O)N(CC(=O)N(Cc2ccccc2Cl)[C@@H](C)C(=O)NCC(C)C)c2ccc(Br)cc2)cc1. The zero-order valence-corrected chi connectivity index (χ0v) is 25.6. The Morgan fingerprint density at radius 1 is 0.949 bits per heavy atom. The number of anilines is 1. The zero-order valence-electron chi connectivity index (χ0n) is 22.4. The van der Waals surface area contributed by atoms with Crippen molar-refractivity contribution in [1.82, 2.24) is 10.2 Å². The van der Waals surface area contributed by atoms with Gasteiger partial charge in [-0.05, 0) is 67.8 Å². The van der Waals surface area contributed by atoms with Crippen LogP contribution in [0, 0.1) is 12.8 Å². The normalized spacial score (nSPS) is 12.2. The van der Waals surface area contributed by atoms with Gasteiger partial charge in [-0.1, -0.05) is 77.3 Å². The number of hydrogen-bond donors (Lipinski definition) is 1. The predicted octanol–water partition coefficient (Wildman–Crippen LogP) is 5.80. The van der Waals surface area contributed by atoms with Gasteiger partial charge in [0.05, 0.1) is 10.6 Å². The molecule has 39 heavy (non-hydrogen) atoms. The molecule has 0 saturated heterocycles. The number of nitrogens with zero attached hydrogens (tertiary/aromatic N) is 2. The molecule has 0 saturated carbocycles. The fraction of sp³-hybridized carbons (Fsp3) is 0.310. The molecule has 0 unspecified atom stereocenters. The van der Waals surface area contributed by atoms with Crippen LogP contribution in [-0.2, 0) is 26.2 Å². The molecule has 3 aromatic carbocycles. The molecule has 0 fully saturated rings. The van der Waals surface area contributed by atoms with Crippen molar-refractivity contribution in [2.45, 2.75) is 45.2 Å². The van der Waals surface area contributed by atoms with Crippen LogP contribution in [0.1, 0.15) is 31.9 Å². The summed E-state index contributed by atoms with van der Waals surface area (Å²) >= 11 is 9.77. The van der Waals surface area contributed by atoms with Gasteiger partial charge in [0.15, 0.2) is 0 Å². The Morgan fingerprint density at radius 3 is 2.15 bits per heavy atom. The van der Waals surface area contributed by atoms with Crippen molar-refractivity contribution in [3.05, 3.63) is 93.4 Å². The molecular formula is C29H33BrClN3O4S. The number of nitrogens with one attached hydrogen (secondary N) is 1.